The van der Waals surface area contributed by atoms with Gasteiger partial charge in [0.05, 0.1) is 31.0 Å². The number of rotatable bonds is 10. The number of carbonyl (C=O) groups is 1. The van der Waals surface area contributed by atoms with Crippen molar-refractivity contribution in [1.82, 2.24) is 10.4 Å². The van der Waals surface area contributed by atoms with Gasteiger partial charge in [0.25, 0.3) is 0 Å². The fraction of sp³-hybridized carbons (Fsp3) is 0.148. The number of carbonyl (C=O) groups excluding carboxylic acids is 1. The van der Waals surface area contributed by atoms with Gasteiger partial charge in [0.15, 0.2) is 16.6 Å². The van der Waals surface area contributed by atoms with Crippen LogP contribution in [-0.4, -0.2) is 24.2 Å². The lowest BCUT2D eigenvalue weighted by Gasteiger charge is -2.11. The van der Waals surface area contributed by atoms with Crippen molar-refractivity contribution in [1.29, 1.82) is 0 Å². The van der Waals surface area contributed by atoms with Crippen LogP contribution in [0, 0.1) is 0 Å². The van der Waals surface area contributed by atoms with Crippen molar-refractivity contribution in [2.24, 2.45) is 5.10 Å². The highest BCUT2D eigenvalue weighted by Crippen LogP contribution is 2.32. The first-order chi connectivity index (χ1) is 18.7. The first-order valence-electron chi connectivity index (χ1n) is 11.5. The van der Waals surface area contributed by atoms with Gasteiger partial charge in [0, 0.05) is 16.1 Å². The zero-order chi connectivity index (χ0) is 27.8. The molecule has 0 aliphatic carbocycles. The monoisotopic (exact) mass is 574 g/mol. The fourth-order valence-electron chi connectivity index (χ4n) is 3.35. The molecule has 1 amide bonds. The summed E-state index contributed by atoms with van der Waals surface area (Å²) in [6, 6.07) is 17.4. The maximum Gasteiger partial charge on any atom is 0.416 e. The van der Waals surface area contributed by atoms with Gasteiger partial charge in [-0.2, -0.15) is 18.3 Å². The molecule has 1 aromatic heterocycles. The smallest absolute Gasteiger partial charge is 0.416 e. The van der Waals surface area contributed by atoms with Crippen LogP contribution in [0.2, 0.25) is 5.02 Å². The van der Waals surface area contributed by atoms with Crippen LogP contribution in [0.3, 0.4) is 0 Å². The molecule has 0 unspecified atom stereocenters. The second-order valence-electron chi connectivity index (χ2n) is 8.14. The van der Waals surface area contributed by atoms with E-state index < -0.39 is 17.6 Å². The molecule has 0 aliphatic rings. The van der Waals surface area contributed by atoms with Gasteiger partial charge in [-0.15, -0.1) is 11.3 Å². The van der Waals surface area contributed by atoms with Crippen molar-refractivity contribution in [3.8, 4) is 11.5 Å². The third-order valence-corrected chi connectivity index (χ3v) is 6.29. The third kappa shape index (κ3) is 8.20. The number of nitrogens with zero attached hydrogens (tertiary/aromatic N) is 2. The van der Waals surface area contributed by atoms with E-state index >= 15 is 0 Å². The van der Waals surface area contributed by atoms with Crippen molar-refractivity contribution in [2.75, 3.05) is 12.4 Å². The number of methoxy groups -OCH3 is 1. The Labute approximate surface area is 231 Å². The summed E-state index contributed by atoms with van der Waals surface area (Å²) >= 11 is 7.08. The Bertz CT molecular complexity index is 1460. The molecule has 0 saturated carbocycles. The van der Waals surface area contributed by atoms with Crippen LogP contribution in [-0.2, 0) is 24.0 Å². The van der Waals surface area contributed by atoms with Crippen molar-refractivity contribution in [3.63, 3.8) is 0 Å². The summed E-state index contributed by atoms with van der Waals surface area (Å²) in [5, 5.41) is 9.46. The number of benzene rings is 3. The van der Waals surface area contributed by atoms with Crippen LogP contribution in [0.5, 0.6) is 11.5 Å². The molecule has 2 N–H and O–H groups in total. The van der Waals surface area contributed by atoms with Gasteiger partial charge in [-0.25, -0.2) is 10.4 Å². The highest BCUT2D eigenvalue weighted by molar-refractivity contribution is 7.13. The third-order valence-electron chi connectivity index (χ3n) is 5.23. The van der Waals surface area contributed by atoms with Crippen molar-refractivity contribution < 1.29 is 27.4 Å². The normalized spacial score (nSPS) is 11.4. The van der Waals surface area contributed by atoms with Gasteiger partial charge in [-0.3, -0.25) is 4.79 Å². The van der Waals surface area contributed by atoms with Gasteiger partial charge >= 0.3 is 6.18 Å². The van der Waals surface area contributed by atoms with E-state index in [1.165, 1.54) is 36.8 Å². The van der Waals surface area contributed by atoms with E-state index in [0.29, 0.717) is 39.5 Å². The minimum absolute atomic E-state index is 0.0566. The number of thiazole rings is 1. The average Bonchev–Trinajstić information content (AvgIpc) is 3.34. The summed E-state index contributed by atoms with van der Waals surface area (Å²) in [7, 11) is 1.52. The molecule has 1 heterocycles. The molecule has 3 aromatic carbocycles. The number of ether oxygens (including phenoxy) is 2. The van der Waals surface area contributed by atoms with Crippen LogP contribution >= 0.6 is 22.9 Å². The highest BCUT2D eigenvalue weighted by atomic mass is 35.5. The highest BCUT2D eigenvalue weighted by Gasteiger charge is 2.30. The number of halogens is 4. The van der Waals surface area contributed by atoms with Gasteiger partial charge < -0.3 is 14.8 Å². The van der Waals surface area contributed by atoms with Crippen molar-refractivity contribution in [2.45, 2.75) is 19.2 Å². The number of hydrazone groups is 1. The lowest BCUT2D eigenvalue weighted by Crippen LogP contribution is -2.19. The minimum atomic E-state index is -4.44. The van der Waals surface area contributed by atoms with Crippen molar-refractivity contribution in [3.05, 3.63) is 99.5 Å². The Hall–Kier alpha value is -4.09. The number of hydrogen-bond acceptors (Lipinski definition) is 7. The second kappa shape index (κ2) is 12.6. The summed E-state index contributed by atoms with van der Waals surface area (Å²) in [6.45, 7) is 0.338. The van der Waals surface area contributed by atoms with Gasteiger partial charge in [-0.05, 0) is 59.7 Å². The Morgan fingerprint density at radius 3 is 2.64 bits per heavy atom. The molecular weight excluding hydrogens is 553 g/mol. The van der Waals surface area contributed by atoms with E-state index in [-0.39, 0.29) is 12.1 Å². The summed E-state index contributed by atoms with van der Waals surface area (Å²) in [6.07, 6.45) is -3.03. The van der Waals surface area contributed by atoms with Crippen LogP contribution in [0.1, 0.15) is 22.4 Å². The van der Waals surface area contributed by atoms with Crippen molar-refractivity contribution >= 4 is 45.9 Å². The molecule has 0 aliphatic heterocycles. The first kappa shape index (κ1) is 27.9. The zero-order valence-corrected chi connectivity index (χ0v) is 22.0. The number of anilines is 2. The summed E-state index contributed by atoms with van der Waals surface area (Å²) in [5.41, 5.74) is 3.99. The fourth-order valence-corrected chi connectivity index (χ4v) is 4.21. The lowest BCUT2D eigenvalue weighted by atomic mass is 10.2. The summed E-state index contributed by atoms with van der Waals surface area (Å²) < 4.78 is 50.0. The summed E-state index contributed by atoms with van der Waals surface area (Å²) in [5.74, 6) is 0.645. The topological polar surface area (TPSA) is 84.8 Å². The quantitative estimate of drug-likeness (QED) is 0.160. The van der Waals surface area contributed by atoms with Crippen LogP contribution in [0.15, 0.2) is 77.2 Å². The number of hydrogen-bond donors (Lipinski definition) is 2. The van der Waals surface area contributed by atoms with Gasteiger partial charge in [0.1, 0.15) is 6.61 Å². The lowest BCUT2D eigenvalue weighted by molar-refractivity contribution is -0.137. The first-order valence-corrected chi connectivity index (χ1v) is 12.7. The van der Waals surface area contributed by atoms with Crippen LogP contribution in [0.25, 0.3) is 0 Å². The van der Waals surface area contributed by atoms with Crippen LogP contribution < -0.4 is 20.2 Å². The zero-order valence-electron chi connectivity index (χ0n) is 20.5. The molecule has 0 bridgehead atoms. The average molecular weight is 575 g/mol. The molecule has 4 rings (SSSR count). The Kier molecular flexibility index (Phi) is 9.05. The molecule has 0 saturated heterocycles. The Morgan fingerprint density at radius 2 is 1.90 bits per heavy atom. The van der Waals surface area contributed by atoms with E-state index in [2.05, 4.69) is 20.8 Å². The van der Waals surface area contributed by atoms with E-state index in [0.717, 1.165) is 17.7 Å². The molecule has 0 atom stereocenters. The second-order valence-corrected chi connectivity index (χ2v) is 9.44. The number of amides is 1. The van der Waals surface area contributed by atoms with E-state index in [9.17, 15) is 18.0 Å². The molecule has 0 spiro atoms. The van der Waals surface area contributed by atoms with Gasteiger partial charge in [0.2, 0.25) is 5.91 Å². The standard InChI is InChI=1S/C27H22ClF3N4O3S/c1-37-24-11-18(7-10-23(24)38-15-17-5-8-20(28)9-6-17)14-32-35-25(36)13-22-16-39-26(34-22)33-21-4-2-3-19(12-21)27(29,30)31/h2-12,14,16H,13,15H2,1H3,(H,33,34)(H,35,36)/b32-14-. The molecule has 202 valence electrons. The van der Waals surface area contributed by atoms with E-state index in [1.54, 1.807) is 35.7 Å². The molecule has 7 nitrogen and oxygen atoms in total. The predicted octanol–water partition coefficient (Wildman–Crippen LogP) is 6.84. The molecule has 0 fully saturated rings. The van der Waals surface area contributed by atoms with E-state index in [1.807, 2.05) is 12.1 Å². The largest absolute Gasteiger partial charge is 0.493 e. The Morgan fingerprint density at radius 1 is 1.10 bits per heavy atom. The number of aromatic nitrogens is 1. The van der Waals surface area contributed by atoms with Gasteiger partial charge in [-0.1, -0.05) is 29.8 Å². The summed E-state index contributed by atoms with van der Waals surface area (Å²) in [4.78, 5) is 16.5. The number of alkyl halides is 3. The van der Waals surface area contributed by atoms with E-state index in [4.69, 9.17) is 21.1 Å². The SMILES string of the molecule is COc1cc(/C=N\NC(=O)Cc2csc(Nc3cccc(C(F)(F)F)c3)n2)ccc1OCc1ccc(Cl)cc1. The molecule has 39 heavy (non-hydrogen) atoms. The molecule has 4 aromatic rings. The van der Waals surface area contributed by atoms with Crippen LogP contribution in [0.4, 0.5) is 24.0 Å². The molecule has 12 heteroatoms. The molecule has 0 radical (unpaired) electrons. The maximum absolute atomic E-state index is 12.9. The molecular formula is C27H22ClF3N4O3S. The minimum Gasteiger partial charge on any atom is -0.493 e. The number of nitrogens with one attached hydrogen (secondary N) is 2. The maximum atomic E-state index is 12.9. The predicted molar refractivity (Wildman–Crippen MR) is 145 cm³/mol. The Balaban J connectivity index is 1.29.